The highest BCUT2D eigenvalue weighted by molar-refractivity contribution is 5.79. The van der Waals surface area contributed by atoms with E-state index in [1.54, 1.807) is 10.5 Å². The van der Waals surface area contributed by atoms with E-state index >= 15 is 0 Å². The van der Waals surface area contributed by atoms with Crippen LogP contribution in [0.4, 0.5) is 0 Å². The van der Waals surface area contributed by atoms with Gasteiger partial charge in [-0.2, -0.15) is 0 Å². The summed E-state index contributed by atoms with van der Waals surface area (Å²) in [5.74, 6) is 0.455. The van der Waals surface area contributed by atoms with Crippen LogP contribution in [0.3, 0.4) is 0 Å². The Morgan fingerprint density at radius 1 is 0.941 bits per heavy atom. The largest absolute Gasteiger partial charge is 0.348 e. The molecule has 0 bridgehead atoms. The fourth-order valence-corrected chi connectivity index (χ4v) is 5.70. The van der Waals surface area contributed by atoms with Gasteiger partial charge < -0.3 is 4.90 Å². The van der Waals surface area contributed by atoms with Crippen molar-refractivity contribution in [2.45, 2.75) is 65.7 Å². The molecule has 0 N–H and O–H groups in total. The quantitative estimate of drug-likeness (QED) is 0.479. The van der Waals surface area contributed by atoms with Crippen molar-refractivity contribution in [3.8, 4) is 0 Å². The highest BCUT2D eigenvalue weighted by atomic mass is 16.2. The topological polar surface area (TPSA) is 23.6 Å². The van der Waals surface area contributed by atoms with Gasteiger partial charge in [-0.25, -0.2) is 0 Å². The minimum atomic E-state index is 0.186. The van der Waals surface area contributed by atoms with Crippen LogP contribution in [0.2, 0.25) is 0 Å². The fraction of sp³-hybridized carbons (Fsp3) is 0.516. The van der Waals surface area contributed by atoms with E-state index < -0.39 is 0 Å². The molecular weight excluding hydrogens is 416 g/mol. The number of nitrogens with zero attached hydrogens (tertiary/aromatic N) is 2. The zero-order chi connectivity index (χ0) is 24.2. The number of likely N-dealkylation sites (tertiary alicyclic amines) is 1. The summed E-state index contributed by atoms with van der Waals surface area (Å²) in [6, 6.07) is 14.3. The normalized spacial score (nSPS) is 16.4. The predicted molar refractivity (Wildman–Crippen MR) is 143 cm³/mol. The number of fused-ring (bicyclic) bond motifs is 1. The summed E-state index contributed by atoms with van der Waals surface area (Å²) in [6.07, 6.45) is 8.01. The van der Waals surface area contributed by atoms with Gasteiger partial charge in [0, 0.05) is 33.7 Å². The van der Waals surface area contributed by atoms with Crippen LogP contribution in [-0.4, -0.2) is 49.4 Å². The average molecular weight is 459 g/mol. The molecule has 1 fully saturated rings. The molecule has 182 valence electrons. The molecule has 1 saturated heterocycles. The van der Waals surface area contributed by atoms with Crippen LogP contribution in [0.5, 0.6) is 0 Å². The molecule has 2 aromatic carbocycles. The molecule has 0 spiro atoms. The van der Waals surface area contributed by atoms with E-state index in [1.165, 1.54) is 51.8 Å². The van der Waals surface area contributed by atoms with Crippen molar-refractivity contribution in [3.63, 3.8) is 0 Å². The number of allylic oxidation sites excluding steroid dienone is 1. The summed E-state index contributed by atoms with van der Waals surface area (Å²) in [7, 11) is 3.71. The van der Waals surface area contributed by atoms with Crippen LogP contribution in [0, 0.1) is 5.92 Å². The van der Waals surface area contributed by atoms with Crippen molar-refractivity contribution >= 4 is 11.5 Å². The minimum Gasteiger partial charge on any atom is -0.348 e. The number of rotatable bonds is 9. The Morgan fingerprint density at radius 2 is 1.68 bits per heavy atom. The van der Waals surface area contributed by atoms with E-state index in [4.69, 9.17) is 0 Å². The second kappa shape index (κ2) is 10.9. The van der Waals surface area contributed by atoms with Crippen LogP contribution < -0.4 is 0 Å². The van der Waals surface area contributed by atoms with E-state index in [0.29, 0.717) is 0 Å². The highest BCUT2D eigenvalue weighted by Crippen LogP contribution is 2.33. The molecule has 1 heterocycles. The molecule has 0 saturated carbocycles. The molecule has 3 nitrogen and oxygen atoms in total. The summed E-state index contributed by atoms with van der Waals surface area (Å²) < 4.78 is 0. The van der Waals surface area contributed by atoms with Gasteiger partial charge in [-0.1, -0.05) is 62.2 Å². The van der Waals surface area contributed by atoms with Crippen molar-refractivity contribution in [1.82, 2.24) is 9.80 Å². The second-order valence-corrected chi connectivity index (χ2v) is 10.6. The number of amides is 1. The second-order valence-electron chi connectivity index (χ2n) is 10.6. The van der Waals surface area contributed by atoms with Crippen molar-refractivity contribution in [1.29, 1.82) is 0 Å². The van der Waals surface area contributed by atoms with Crippen molar-refractivity contribution in [3.05, 3.63) is 75.4 Å². The first-order valence-electron chi connectivity index (χ1n) is 13.2. The van der Waals surface area contributed by atoms with Gasteiger partial charge in [-0.15, -0.1) is 0 Å². The molecule has 4 rings (SSSR count). The van der Waals surface area contributed by atoms with E-state index in [9.17, 15) is 4.79 Å². The number of hydrogen-bond acceptors (Lipinski definition) is 2. The zero-order valence-corrected chi connectivity index (χ0v) is 21.9. The summed E-state index contributed by atoms with van der Waals surface area (Å²) >= 11 is 0. The smallest absolute Gasteiger partial charge is 0.227 e. The Labute approximate surface area is 206 Å². The van der Waals surface area contributed by atoms with Crippen LogP contribution in [-0.2, 0) is 36.9 Å². The van der Waals surface area contributed by atoms with Gasteiger partial charge >= 0.3 is 0 Å². The van der Waals surface area contributed by atoms with Gasteiger partial charge in [0.05, 0.1) is 5.92 Å². The molecule has 34 heavy (non-hydrogen) atoms. The standard InChI is InChI=1S/C31H42N2O/c1-6-8-23-9-12-26(25(7-2)17-23)13-10-24-11-16-30-22(3)28(15-14-27(30)18-24)19-33-20-29(21-33)31(34)32(4)5/h9,11-12,16-18,29H,6-8,10,13-15,19-21H2,1-5H3. The summed E-state index contributed by atoms with van der Waals surface area (Å²) in [5, 5.41) is 0. The minimum absolute atomic E-state index is 0.186. The Kier molecular flexibility index (Phi) is 7.93. The Bertz CT molecular complexity index is 1060. The summed E-state index contributed by atoms with van der Waals surface area (Å²) in [4.78, 5) is 16.3. The molecule has 2 aromatic rings. The lowest BCUT2D eigenvalue weighted by molar-refractivity contribution is -0.138. The molecule has 1 aliphatic heterocycles. The third-order valence-electron chi connectivity index (χ3n) is 7.84. The first-order chi connectivity index (χ1) is 16.4. The summed E-state index contributed by atoms with van der Waals surface area (Å²) in [6.45, 7) is 9.64. The molecule has 3 heteroatoms. The number of hydrogen-bond donors (Lipinski definition) is 0. The van der Waals surface area contributed by atoms with Crippen LogP contribution in [0.25, 0.3) is 5.57 Å². The monoisotopic (exact) mass is 458 g/mol. The number of carbonyl (C=O) groups is 1. The maximum atomic E-state index is 12.1. The Balaban J connectivity index is 1.38. The predicted octanol–water partition coefficient (Wildman–Crippen LogP) is 5.73. The van der Waals surface area contributed by atoms with Gasteiger partial charge in [0.1, 0.15) is 0 Å². The Hall–Kier alpha value is -2.39. The first-order valence-corrected chi connectivity index (χ1v) is 13.2. The van der Waals surface area contributed by atoms with E-state index in [2.05, 4.69) is 62.1 Å². The van der Waals surface area contributed by atoms with E-state index in [1.807, 2.05) is 14.1 Å². The first kappa shape index (κ1) is 24.7. The number of aryl methyl sites for hydroxylation is 5. The average Bonchev–Trinajstić information content (AvgIpc) is 2.81. The zero-order valence-electron chi connectivity index (χ0n) is 21.9. The molecular formula is C31H42N2O. The third-order valence-corrected chi connectivity index (χ3v) is 7.84. The molecule has 0 aromatic heterocycles. The van der Waals surface area contributed by atoms with Crippen LogP contribution in [0.1, 0.15) is 67.0 Å². The van der Waals surface area contributed by atoms with Crippen molar-refractivity contribution in [2.24, 2.45) is 5.92 Å². The van der Waals surface area contributed by atoms with Crippen LogP contribution >= 0.6 is 0 Å². The van der Waals surface area contributed by atoms with Gasteiger partial charge in [-0.05, 0) is 84.4 Å². The number of carbonyl (C=O) groups excluding carboxylic acids is 1. The maximum absolute atomic E-state index is 12.1. The maximum Gasteiger partial charge on any atom is 0.227 e. The molecule has 0 radical (unpaired) electrons. The Morgan fingerprint density at radius 3 is 2.38 bits per heavy atom. The molecule has 0 unspecified atom stereocenters. The molecule has 2 aliphatic rings. The lowest BCUT2D eigenvalue weighted by Gasteiger charge is -2.40. The lowest BCUT2D eigenvalue weighted by atomic mass is 9.84. The fourth-order valence-electron chi connectivity index (χ4n) is 5.70. The van der Waals surface area contributed by atoms with Crippen molar-refractivity contribution in [2.75, 3.05) is 33.7 Å². The number of benzene rings is 2. The molecule has 0 atom stereocenters. The van der Waals surface area contributed by atoms with Gasteiger partial charge in [-0.3, -0.25) is 9.69 Å². The summed E-state index contributed by atoms with van der Waals surface area (Å²) in [5.41, 5.74) is 11.9. The molecule has 1 aliphatic carbocycles. The van der Waals surface area contributed by atoms with E-state index in [0.717, 1.165) is 51.7 Å². The van der Waals surface area contributed by atoms with Crippen LogP contribution in [0.15, 0.2) is 42.0 Å². The molecule has 1 amide bonds. The van der Waals surface area contributed by atoms with Gasteiger partial charge in [0.25, 0.3) is 0 Å². The van der Waals surface area contributed by atoms with E-state index in [-0.39, 0.29) is 11.8 Å². The van der Waals surface area contributed by atoms with Gasteiger partial charge in [0.2, 0.25) is 5.91 Å². The SMILES string of the molecule is CCCc1ccc(CCc2ccc3c(c2)CCC(CN2CC(C(=O)N(C)C)C2)=C3C)c(CC)c1. The third kappa shape index (κ3) is 5.46. The highest BCUT2D eigenvalue weighted by Gasteiger charge is 2.34. The lowest BCUT2D eigenvalue weighted by Crippen LogP contribution is -2.53. The van der Waals surface area contributed by atoms with Gasteiger partial charge in [0.15, 0.2) is 0 Å². The van der Waals surface area contributed by atoms with Crippen molar-refractivity contribution < 1.29 is 4.79 Å².